The number of ketones is 1. The Morgan fingerprint density at radius 2 is 2.03 bits per heavy atom. The number of nitrogens with zero attached hydrogens (tertiary/aromatic N) is 2. The smallest absolute Gasteiger partial charge is 0.258 e. The normalized spacial score (nSPS) is 15.8. The van der Waals surface area contributed by atoms with Crippen molar-refractivity contribution >= 4 is 22.7 Å². The monoisotopic (exact) mass is 451 g/mol. The maximum absolute atomic E-state index is 12.7. The van der Waals surface area contributed by atoms with E-state index in [1.54, 1.807) is 13.8 Å². The van der Waals surface area contributed by atoms with Crippen LogP contribution in [0.4, 0.5) is 0 Å². The zero-order chi connectivity index (χ0) is 23.9. The Bertz CT molecular complexity index is 1230. The van der Waals surface area contributed by atoms with E-state index in [4.69, 9.17) is 14.5 Å². The summed E-state index contributed by atoms with van der Waals surface area (Å²) in [6.07, 6.45) is 0.176. The highest BCUT2D eigenvalue weighted by Crippen LogP contribution is 2.41. The number of benzene rings is 2. The van der Waals surface area contributed by atoms with Crippen molar-refractivity contribution in [1.29, 1.82) is 0 Å². The molecule has 0 aliphatic carbocycles. The number of nitrogens with one attached hydrogen (secondary N) is 1. The Morgan fingerprint density at radius 3 is 2.73 bits per heavy atom. The molecule has 2 heterocycles. The molecule has 3 aromatic rings. The highest BCUT2D eigenvalue weighted by molar-refractivity contribution is 6.03. The van der Waals surface area contributed by atoms with Gasteiger partial charge in [-0.3, -0.25) is 9.59 Å². The number of phenolic OH excluding ortho intramolecular Hbond substituents is 1. The lowest BCUT2D eigenvalue weighted by molar-refractivity contribution is -0.124. The van der Waals surface area contributed by atoms with Crippen molar-refractivity contribution in [3.63, 3.8) is 0 Å². The number of imidazole rings is 1. The first-order valence-electron chi connectivity index (χ1n) is 11.0. The molecule has 1 aliphatic rings. The second-order valence-corrected chi connectivity index (χ2v) is 9.37. The summed E-state index contributed by atoms with van der Waals surface area (Å²) >= 11 is 0. The number of hydrogen-bond donors (Lipinski definition) is 2. The number of amides is 1. The van der Waals surface area contributed by atoms with E-state index in [2.05, 4.69) is 5.32 Å². The summed E-state index contributed by atoms with van der Waals surface area (Å²) in [5.41, 5.74) is 1.33. The third-order valence-corrected chi connectivity index (χ3v) is 5.76. The predicted molar refractivity (Wildman–Crippen MR) is 124 cm³/mol. The second kappa shape index (κ2) is 8.42. The molecule has 0 radical (unpaired) electrons. The zero-order valence-corrected chi connectivity index (χ0v) is 19.5. The first-order chi connectivity index (χ1) is 15.6. The quantitative estimate of drug-likeness (QED) is 0.589. The molecule has 0 saturated carbocycles. The van der Waals surface area contributed by atoms with Crippen LogP contribution in [0, 0.1) is 5.92 Å². The van der Waals surface area contributed by atoms with Crippen LogP contribution in [-0.4, -0.2) is 38.6 Å². The number of aromatic nitrogens is 2. The third-order valence-electron chi connectivity index (χ3n) is 5.76. The van der Waals surface area contributed by atoms with Gasteiger partial charge in [-0.2, -0.15) is 0 Å². The van der Waals surface area contributed by atoms with Crippen molar-refractivity contribution in [3.05, 3.63) is 47.8 Å². The van der Waals surface area contributed by atoms with Crippen LogP contribution < -0.4 is 14.8 Å². The van der Waals surface area contributed by atoms with Crippen LogP contribution in [0.5, 0.6) is 17.2 Å². The molecule has 2 N–H and O–H groups in total. The number of Topliss-reactive ketones (excluding diaryl/α,β-unsaturated/α-hetero) is 1. The fraction of sp³-hybridized carbons (Fsp3) is 0.400. The van der Waals surface area contributed by atoms with Gasteiger partial charge >= 0.3 is 0 Å². The van der Waals surface area contributed by atoms with Crippen LogP contribution in [0.1, 0.15) is 56.3 Å². The molecule has 1 aliphatic heterocycles. The van der Waals surface area contributed by atoms with Crippen molar-refractivity contribution in [2.75, 3.05) is 6.61 Å². The van der Waals surface area contributed by atoms with Gasteiger partial charge in [-0.25, -0.2) is 4.98 Å². The third kappa shape index (κ3) is 4.51. The molecule has 0 spiro atoms. The number of rotatable bonds is 6. The molecule has 33 heavy (non-hydrogen) atoms. The van der Waals surface area contributed by atoms with E-state index in [-0.39, 0.29) is 59.5 Å². The van der Waals surface area contributed by atoms with Gasteiger partial charge in [-0.15, -0.1) is 0 Å². The van der Waals surface area contributed by atoms with Crippen LogP contribution in [0.25, 0.3) is 11.0 Å². The first kappa shape index (κ1) is 22.6. The van der Waals surface area contributed by atoms with Crippen LogP contribution in [0.2, 0.25) is 0 Å². The lowest BCUT2D eigenvalue weighted by Crippen LogP contribution is -2.37. The van der Waals surface area contributed by atoms with E-state index in [0.29, 0.717) is 0 Å². The van der Waals surface area contributed by atoms with Gasteiger partial charge in [0.05, 0.1) is 23.5 Å². The van der Waals surface area contributed by atoms with Gasteiger partial charge in [0.2, 0.25) is 0 Å². The highest BCUT2D eigenvalue weighted by Gasteiger charge is 2.35. The molecular weight excluding hydrogens is 422 g/mol. The summed E-state index contributed by atoms with van der Waals surface area (Å²) in [5.74, 6) is 0.630. The SMILES string of the molecule is CC(C)C(NC(=O)COc1cc(O)c2c(c1)OC(C)(C)CC2=O)c1nc2ccccc2n1C. The van der Waals surface area contributed by atoms with E-state index in [0.717, 1.165) is 16.9 Å². The maximum atomic E-state index is 12.7. The highest BCUT2D eigenvalue weighted by atomic mass is 16.5. The minimum absolute atomic E-state index is 0.0962. The Balaban J connectivity index is 1.49. The molecule has 0 saturated heterocycles. The van der Waals surface area contributed by atoms with Crippen molar-refractivity contribution in [3.8, 4) is 17.2 Å². The fourth-order valence-electron chi connectivity index (χ4n) is 4.16. The Morgan fingerprint density at radius 1 is 1.30 bits per heavy atom. The van der Waals surface area contributed by atoms with E-state index >= 15 is 0 Å². The van der Waals surface area contributed by atoms with Gasteiger partial charge in [-0.1, -0.05) is 26.0 Å². The maximum Gasteiger partial charge on any atom is 0.258 e. The molecule has 1 aromatic heterocycles. The number of carbonyl (C=O) groups is 2. The standard InChI is InChI=1S/C25H29N3O5/c1-14(2)23(24-26-16-8-6-7-9-17(16)28(24)5)27-21(31)13-32-15-10-18(29)22-19(30)12-25(3,4)33-20(22)11-15/h6-11,14,23,29H,12-13H2,1-5H3,(H,27,31). The molecule has 0 fully saturated rings. The number of aryl methyl sites for hydroxylation is 1. The zero-order valence-electron chi connectivity index (χ0n) is 19.5. The summed E-state index contributed by atoms with van der Waals surface area (Å²) < 4.78 is 13.5. The molecule has 1 atom stereocenters. The number of carbonyl (C=O) groups excluding carboxylic acids is 2. The first-order valence-corrected chi connectivity index (χ1v) is 11.0. The molecule has 8 nitrogen and oxygen atoms in total. The molecular formula is C25H29N3O5. The lowest BCUT2D eigenvalue weighted by Gasteiger charge is -2.32. The van der Waals surface area contributed by atoms with Crippen LogP contribution >= 0.6 is 0 Å². The lowest BCUT2D eigenvalue weighted by atomic mass is 9.92. The largest absolute Gasteiger partial charge is 0.507 e. The average molecular weight is 452 g/mol. The number of ether oxygens (including phenoxy) is 2. The van der Waals surface area contributed by atoms with Gasteiger partial charge in [0.1, 0.15) is 34.2 Å². The average Bonchev–Trinajstić information content (AvgIpc) is 3.05. The van der Waals surface area contributed by atoms with E-state index in [1.807, 2.05) is 49.7 Å². The topological polar surface area (TPSA) is 103 Å². The van der Waals surface area contributed by atoms with Crippen molar-refractivity contribution < 1.29 is 24.2 Å². The van der Waals surface area contributed by atoms with E-state index < -0.39 is 5.60 Å². The van der Waals surface area contributed by atoms with Crippen LogP contribution in [-0.2, 0) is 11.8 Å². The molecule has 1 amide bonds. The number of para-hydroxylation sites is 2. The van der Waals surface area contributed by atoms with E-state index in [1.165, 1.54) is 12.1 Å². The summed E-state index contributed by atoms with van der Waals surface area (Å²) in [5, 5.41) is 13.3. The summed E-state index contributed by atoms with van der Waals surface area (Å²) in [4.78, 5) is 29.8. The number of aromatic hydroxyl groups is 1. The van der Waals surface area contributed by atoms with Crippen molar-refractivity contribution in [1.82, 2.24) is 14.9 Å². The molecule has 174 valence electrons. The molecule has 8 heteroatoms. The van der Waals surface area contributed by atoms with E-state index in [9.17, 15) is 14.7 Å². The molecule has 2 aromatic carbocycles. The second-order valence-electron chi connectivity index (χ2n) is 9.37. The van der Waals surface area contributed by atoms with Gasteiger partial charge in [0.25, 0.3) is 5.91 Å². The van der Waals surface area contributed by atoms with Crippen LogP contribution in [0.15, 0.2) is 36.4 Å². The molecule has 0 bridgehead atoms. The number of phenols is 1. The van der Waals surface area contributed by atoms with Gasteiger partial charge < -0.3 is 24.5 Å². The van der Waals surface area contributed by atoms with Gasteiger partial charge in [0, 0.05) is 19.2 Å². The predicted octanol–water partition coefficient (Wildman–Crippen LogP) is 3.92. The fourth-order valence-corrected chi connectivity index (χ4v) is 4.16. The summed E-state index contributed by atoms with van der Waals surface area (Å²) in [7, 11) is 1.93. The molecule has 4 rings (SSSR count). The summed E-state index contributed by atoms with van der Waals surface area (Å²) in [6.45, 7) is 7.38. The number of fused-ring (bicyclic) bond motifs is 2. The minimum atomic E-state index is -0.678. The van der Waals surface area contributed by atoms with Gasteiger partial charge in [0.15, 0.2) is 12.4 Å². The van der Waals surface area contributed by atoms with Gasteiger partial charge in [-0.05, 0) is 31.9 Å². The Labute approximate surface area is 192 Å². The Kier molecular flexibility index (Phi) is 5.78. The number of hydrogen-bond acceptors (Lipinski definition) is 6. The van der Waals surface area contributed by atoms with Crippen molar-refractivity contribution in [2.24, 2.45) is 13.0 Å². The summed E-state index contributed by atoms with van der Waals surface area (Å²) in [6, 6.07) is 10.4. The Hall–Kier alpha value is -3.55. The molecule has 1 unspecified atom stereocenters. The van der Waals surface area contributed by atoms with Crippen molar-refractivity contribution in [2.45, 2.75) is 45.8 Å². The van der Waals surface area contributed by atoms with Crippen LogP contribution in [0.3, 0.4) is 0 Å². The minimum Gasteiger partial charge on any atom is -0.507 e.